The molecule has 2 aromatic rings. The molecule has 1 amide bonds. The van der Waals surface area contributed by atoms with Crippen molar-refractivity contribution in [2.24, 2.45) is 0 Å². The normalized spacial score (nSPS) is 18.4. The Balaban J connectivity index is 1.65. The number of hydrogen-bond donors (Lipinski definition) is 1. The third kappa shape index (κ3) is 3.88. The van der Waals surface area contributed by atoms with Crippen LogP contribution in [0.1, 0.15) is 37.1 Å². The Morgan fingerprint density at radius 1 is 1.35 bits per heavy atom. The van der Waals surface area contributed by atoms with Crippen LogP contribution in [0.25, 0.3) is 0 Å². The largest absolute Gasteiger partial charge is 0.508 e. The third-order valence-corrected chi connectivity index (χ3v) is 5.02. The van der Waals surface area contributed by atoms with Crippen LogP contribution < -0.4 is 4.90 Å². The number of carbonyl (C=O) groups is 1. The zero-order valence-electron chi connectivity index (χ0n) is 12.7. The van der Waals surface area contributed by atoms with Crippen LogP contribution >= 0.6 is 11.3 Å². The molecule has 122 valence electrons. The van der Waals surface area contributed by atoms with E-state index in [-0.39, 0.29) is 17.7 Å². The monoisotopic (exact) mass is 334 g/mol. The number of nitrogens with zero attached hydrogens (tertiary/aromatic N) is 2. The maximum atomic E-state index is 12.9. The number of carbonyl (C=O) groups excluding carboxylic acids is 1. The highest BCUT2D eigenvalue weighted by atomic mass is 32.1. The fraction of sp³-hybridized carbons (Fsp3) is 0.412. The first-order chi connectivity index (χ1) is 11.1. The molecule has 1 saturated heterocycles. The number of phenolic OH excluding ortho intramolecular Hbond substituents is 1. The van der Waals surface area contributed by atoms with Crippen molar-refractivity contribution in [1.82, 2.24) is 4.98 Å². The number of halogens is 1. The number of aryl methyl sites for hydroxylation is 1. The number of amides is 1. The van der Waals surface area contributed by atoms with Crippen LogP contribution in [-0.4, -0.2) is 22.0 Å². The van der Waals surface area contributed by atoms with Gasteiger partial charge in [-0.3, -0.25) is 4.79 Å². The Morgan fingerprint density at radius 3 is 2.83 bits per heavy atom. The Kier molecular flexibility index (Phi) is 4.91. The summed E-state index contributed by atoms with van der Waals surface area (Å²) in [6.07, 6.45) is 4.92. The smallest absolute Gasteiger partial charge is 0.227 e. The number of hydrogen-bond acceptors (Lipinski definition) is 4. The number of phenols is 1. The molecular weight excluding hydrogens is 315 g/mol. The molecule has 1 aliphatic heterocycles. The van der Waals surface area contributed by atoms with Crippen LogP contribution in [-0.2, 0) is 11.2 Å². The van der Waals surface area contributed by atoms with Crippen molar-refractivity contribution < 1.29 is 14.3 Å². The summed E-state index contributed by atoms with van der Waals surface area (Å²) >= 11 is 1.34. The summed E-state index contributed by atoms with van der Waals surface area (Å²) in [6.45, 7) is 0. The van der Waals surface area contributed by atoms with Gasteiger partial charge in [-0.15, -0.1) is 11.3 Å². The van der Waals surface area contributed by atoms with Gasteiger partial charge >= 0.3 is 0 Å². The lowest BCUT2D eigenvalue weighted by Gasteiger charge is -2.36. The quantitative estimate of drug-likeness (QED) is 0.902. The molecule has 1 aromatic carbocycles. The molecule has 1 fully saturated rings. The van der Waals surface area contributed by atoms with Gasteiger partial charge in [-0.2, -0.15) is 4.39 Å². The molecule has 1 aromatic heterocycles. The molecule has 4 nitrogen and oxygen atoms in total. The molecule has 0 saturated carbocycles. The number of thiazole rings is 1. The molecule has 0 bridgehead atoms. The topological polar surface area (TPSA) is 53.4 Å². The maximum absolute atomic E-state index is 12.9. The predicted molar refractivity (Wildman–Crippen MR) is 88.2 cm³/mol. The van der Waals surface area contributed by atoms with Gasteiger partial charge in [0.1, 0.15) is 5.75 Å². The molecule has 2 heterocycles. The maximum Gasteiger partial charge on any atom is 0.227 e. The summed E-state index contributed by atoms with van der Waals surface area (Å²) in [6, 6.07) is 6.92. The average Bonchev–Trinajstić information content (AvgIpc) is 2.94. The van der Waals surface area contributed by atoms with Crippen molar-refractivity contribution >= 4 is 22.9 Å². The highest BCUT2D eigenvalue weighted by Gasteiger charge is 2.28. The van der Waals surface area contributed by atoms with Gasteiger partial charge in [0, 0.05) is 23.5 Å². The van der Waals surface area contributed by atoms with Crippen molar-refractivity contribution in [3.63, 3.8) is 0 Å². The van der Waals surface area contributed by atoms with Crippen molar-refractivity contribution in [3.05, 3.63) is 40.6 Å². The average molecular weight is 334 g/mol. The van der Waals surface area contributed by atoms with Gasteiger partial charge in [-0.1, -0.05) is 0 Å². The van der Waals surface area contributed by atoms with Gasteiger partial charge in [0.2, 0.25) is 11.9 Å². The van der Waals surface area contributed by atoms with Crippen LogP contribution in [0.3, 0.4) is 0 Å². The minimum atomic E-state index is -0.413. The zero-order valence-corrected chi connectivity index (χ0v) is 13.6. The van der Waals surface area contributed by atoms with Crippen LogP contribution in [0.2, 0.25) is 0 Å². The SMILES string of the molecule is O=C1CCCC(CCCc2nc(F)cs2)N1c1ccc(O)cc1. The van der Waals surface area contributed by atoms with Gasteiger partial charge in [-0.25, -0.2) is 4.98 Å². The number of rotatable bonds is 5. The number of aromatic nitrogens is 1. The summed E-state index contributed by atoms with van der Waals surface area (Å²) < 4.78 is 12.9. The first-order valence-corrected chi connectivity index (χ1v) is 8.72. The zero-order chi connectivity index (χ0) is 16.2. The fourth-order valence-electron chi connectivity index (χ4n) is 3.08. The van der Waals surface area contributed by atoms with E-state index in [1.165, 1.54) is 16.7 Å². The Morgan fingerprint density at radius 2 is 2.13 bits per heavy atom. The van der Waals surface area contributed by atoms with Crippen molar-refractivity contribution in [2.45, 2.75) is 44.6 Å². The van der Waals surface area contributed by atoms with Crippen molar-refractivity contribution in [2.75, 3.05) is 4.90 Å². The minimum Gasteiger partial charge on any atom is -0.508 e. The summed E-state index contributed by atoms with van der Waals surface area (Å²) in [7, 11) is 0. The van der Waals surface area contributed by atoms with Crippen molar-refractivity contribution in [1.29, 1.82) is 0 Å². The fourth-order valence-corrected chi connectivity index (χ4v) is 3.76. The number of aromatic hydroxyl groups is 1. The molecule has 1 atom stereocenters. The number of anilines is 1. The molecule has 3 rings (SSSR count). The van der Waals surface area contributed by atoms with E-state index in [1.54, 1.807) is 24.3 Å². The summed E-state index contributed by atoms with van der Waals surface area (Å²) in [5.41, 5.74) is 0.831. The minimum absolute atomic E-state index is 0.132. The molecule has 1 N–H and O–H groups in total. The lowest BCUT2D eigenvalue weighted by atomic mass is 9.96. The van der Waals surface area contributed by atoms with Crippen LogP contribution in [0.15, 0.2) is 29.6 Å². The Labute approximate surface area is 138 Å². The Bertz CT molecular complexity index is 671. The summed E-state index contributed by atoms with van der Waals surface area (Å²) in [5.74, 6) is -0.0867. The molecule has 0 spiro atoms. The number of benzene rings is 1. The van der Waals surface area contributed by atoms with Crippen LogP contribution in [0, 0.1) is 5.95 Å². The Hall–Kier alpha value is -1.95. The van der Waals surface area contributed by atoms with E-state index in [0.29, 0.717) is 6.42 Å². The first kappa shape index (κ1) is 15.9. The second-order valence-electron chi connectivity index (χ2n) is 5.78. The van der Waals surface area contributed by atoms with Crippen LogP contribution in [0.4, 0.5) is 10.1 Å². The number of piperidine rings is 1. The summed E-state index contributed by atoms with van der Waals surface area (Å²) in [5, 5.41) is 11.6. The molecular formula is C17H19FN2O2S. The predicted octanol–water partition coefficient (Wildman–Crippen LogP) is 3.90. The molecule has 6 heteroatoms. The molecule has 1 unspecified atom stereocenters. The highest BCUT2D eigenvalue weighted by Crippen LogP contribution is 2.29. The molecule has 1 aliphatic rings. The van der Waals surface area contributed by atoms with Gasteiger partial charge in [0.15, 0.2) is 0 Å². The molecule has 0 aliphatic carbocycles. The van der Waals surface area contributed by atoms with Gasteiger partial charge in [-0.05, 0) is 56.4 Å². The molecule has 23 heavy (non-hydrogen) atoms. The van der Waals surface area contributed by atoms with E-state index >= 15 is 0 Å². The molecule has 0 radical (unpaired) electrons. The van der Waals surface area contributed by atoms with Gasteiger partial charge < -0.3 is 10.0 Å². The van der Waals surface area contributed by atoms with E-state index in [4.69, 9.17) is 0 Å². The van der Waals surface area contributed by atoms with E-state index in [2.05, 4.69) is 4.98 Å². The third-order valence-electron chi connectivity index (χ3n) is 4.14. The van der Waals surface area contributed by atoms with Gasteiger partial charge in [0.05, 0.1) is 5.01 Å². The summed E-state index contributed by atoms with van der Waals surface area (Å²) in [4.78, 5) is 18.0. The highest BCUT2D eigenvalue weighted by molar-refractivity contribution is 7.09. The van der Waals surface area contributed by atoms with E-state index in [0.717, 1.165) is 42.8 Å². The van der Waals surface area contributed by atoms with Crippen molar-refractivity contribution in [3.8, 4) is 5.75 Å². The first-order valence-electron chi connectivity index (χ1n) is 7.84. The van der Waals surface area contributed by atoms with E-state index < -0.39 is 5.95 Å². The van der Waals surface area contributed by atoms with Gasteiger partial charge in [0.25, 0.3) is 0 Å². The van der Waals surface area contributed by atoms with E-state index in [1.807, 2.05) is 4.90 Å². The lowest BCUT2D eigenvalue weighted by Crippen LogP contribution is -2.43. The van der Waals surface area contributed by atoms with E-state index in [9.17, 15) is 14.3 Å². The second-order valence-corrected chi connectivity index (χ2v) is 6.73. The second kappa shape index (κ2) is 7.08. The van der Waals surface area contributed by atoms with Crippen LogP contribution in [0.5, 0.6) is 5.75 Å². The lowest BCUT2D eigenvalue weighted by molar-refractivity contribution is -0.120. The standard InChI is InChI=1S/C17H19FN2O2S/c18-15-11-23-16(19-15)5-1-3-12-4-2-6-17(22)20(12)13-7-9-14(21)10-8-13/h7-12,21H,1-6H2.